The van der Waals surface area contributed by atoms with Crippen LogP contribution in [-0.4, -0.2) is 16.2 Å². The number of carboxylic acids is 1. The molecule has 3 rings (SSSR count). The van der Waals surface area contributed by atoms with E-state index in [2.05, 4.69) is 6.07 Å². The molecule has 0 bridgehead atoms. The summed E-state index contributed by atoms with van der Waals surface area (Å²) in [6.07, 6.45) is -0.723. The Labute approximate surface area is 176 Å². The zero-order valence-electron chi connectivity index (χ0n) is 17.2. The van der Waals surface area contributed by atoms with Crippen LogP contribution in [0.2, 0.25) is 0 Å². The Morgan fingerprint density at radius 1 is 0.967 bits per heavy atom. The first-order chi connectivity index (χ1) is 14.3. The highest BCUT2D eigenvalue weighted by Crippen LogP contribution is 2.28. The third-order valence-electron chi connectivity index (χ3n) is 4.95. The van der Waals surface area contributed by atoms with E-state index in [1.54, 1.807) is 25.1 Å². The van der Waals surface area contributed by atoms with Gasteiger partial charge in [0.05, 0.1) is 12.5 Å². The number of aliphatic hydroxyl groups excluding tert-OH is 1. The number of para-hydroxylation sites is 1. The predicted molar refractivity (Wildman–Crippen MR) is 117 cm³/mol. The fraction of sp³-hybridized carbons (Fsp3) is 0.240. The van der Waals surface area contributed by atoms with Crippen molar-refractivity contribution in [3.63, 3.8) is 0 Å². The van der Waals surface area contributed by atoms with Crippen molar-refractivity contribution in [2.45, 2.75) is 39.0 Å². The molecule has 1 unspecified atom stereocenters. The number of rotatable bonds is 8. The van der Waals surface area contributed by atoms with Crippen LogP contribution in [0.3, 0.4) is 0 Å². The van der Waals surface area contributed by atoms with Crippen molar-refractivity contribution >= 4 is 5.97 Å². The fourth-order valence-electron chi connectivity index (χ4n) is 3.33. The van der Waals surface area contributed by atoms with Crippen molar-refractivity contribution < 1.29 is 19.7 Å². The van der Waals surface area contributed by atoms with Gasteiger partial charge in [0.25, 0.3) is 0 Å². The summed E-state index contributed by atoms with van der Waals surface area (Å²) in [5.41, 5.74) is 11.3. The van der Waals surface area contributed by atoms with Gasteiger partial charge in [0.1, 0.15) is 12.4 Å². The molecule has 0 aliphatic rings. The Morgan fingerprint density at radius 2 is 1.70 bits per heavy atom. The number of carbonyl (C=O) groups is 1. The molecule has 0 radical (unpaired) electrons. The van der Waals surface area contributed by atoms with Gasteiger partial charge in [0, 0.05) is 11.6 Å². The summed E-state index contributed by atoms with van der Waals surface area (Å²) in [6, 6.07) is 21.0. The second-order valence-corrected chi connectivity index (χ2v) is 7.52. The molecule has 2 atom stereocenters. The summed E-state index contributed by atoms with van der Waals surface area (Å²) < 4.78 is 5.95. The first kappa shape index (κ1) is 21.6. The van der Waals surface area contributed by atoms with Crippen molar-refractivity contribution in [2.75, 3.05) is 0 Å². The molecule has 30 heavy (non-hydrogen) atoms. The average Bonchev–Trinajstić information content (AvgIpc) is 2.72. The van der Waals surface area contributed by atoms with Crippen molar-refractivity contribution in [1.29, 1.82) is 0 Å². The molecular formula is C25H27NO4. The molecule has 0 amide bonds. The Kier molecular flexibility index (Phi) is 6.87. The van der Waals surface area contributed by atoms with Gasteiger partial charge in [0.15, 0.2) is 0 Å². The second kappa shape index (κ2) is 9.57. The van der Waals surface area contributed by atoms with Gasteiger partial charge in [0.2, 0.25) is 0 Å². The van der Waals surface area contributed by atoms with E-state index in [1.807, 2.05) is 49.4 Å². The third-order valence-corrected chi connectivity index (χ3v) is 4.95. The lowest BCUT2D eigenvalue weighted by molar-refractivity contribution is -0.136. The lowest BCUT2D eigenvalue weighted by Gasteiger charge is -2.15. The van der Waals surface area contributed by atoms with Gasteiger partial charge in [-0.25, -0.2) is 0 Å². The number of aliphatic carboxylic acids is 1. The highest BCUT2D eigenvalue weighted by Gasteiger charge is 2.11. The van der Waals surface area contributed by atoms with E-state index in [9.17, 15) is 9.90 Å². The summed E-state index contributed by atoms with van der Waals surface area (Å²) in [7, 11) is 0. The first-order valence-corrected chi connectivity index (χ1v) is 9.94. The van der Waals surface area contributed by atoms with Crippen molar-refractivity contribution in [1.82, 2.24) is 0 Å². The van der Waals surface area contributed by atoms with E-state index in [0.29, 0.717) is 11.3 Å². The van der Waals surface area contributed by atoms with Gasteiger partial charge in [-0.1, -0.05) is 36.4 Å². The molecule has 3 aromatic rings. The van der Waals surface area contributed by atoms with Crippen LogP contribution in [0.4, 0.5) is 0 Å². The number of hydrogen-bond acceptors (Lipinski definition) is 4. The van der Waals surface area contributed by atoms with Crippen molar-refractivity contribution in [2.24, 2.45) is 5.73 Å². The normalized spacial score (nSPS) is 12.9. The number of aliphatic hydroxyl groups is 1. The molecule has 0 aromatic heterocycles. The van der Waals surface area contributed by atoms with E-state index in [-0.39, 0.29) is 19.1 Å². The zero-order chi connectivity index (χ0) is 21.7. The Morgan fingerprint density at radius 3 is 2.40 bits per heavy atom. The van der Waals surface area contributed by atoms with Crippen LogP contribution in [0.25, 0.3) is 11.1 Å². The zero-order valence-corrected chi connectivity index (χ0v) is 17.2. The largest absolute Gasteiger partial charge is 0.489 e. The molecule has 0 aliphatic heterocycles. The molecule has 0 spiro atoms. The Hall–Kier alpha value is -3.15. The maximum absolute atomic E-state index is 11.1. The number of benzene rings is 3. The number of carboxylic acid groups (broad SMARTS) is 1. The molecule has 0 aliphatic carbocycles. The maximum Gasteiger partial charge on any atom is 0.307 e. The van der Waals surface area contributed by atoms with Crippen LogP contribution in [0.1, 0.15) is 48.2 Å². The van der Waals surface area contributed by atoms with Gasteiger partial charge in [-0.15, -0.1) is 0 Å². The van der Waals surface area contributed by atoms with Gasteiger partial charge >= 0.3 is 5.97 Å². The van der Waals surface area contributed by atoms with Crippen LogP contribution < -0.4 is 10.5 Å². The van der Waals surface area contributed by atoms with Gasteiger partial charge in [-0.2, -0.15) is 0 Å². The quantitative estimate of drug-likeness (QED) is 0.508. The second-order valence-electron chi connectivity index (χ2n) is 7.52. The molecule has 5 nitrogen and oxygen atoms in total. The van der Waals surface area contributed by atoms with Crippen LogP contribution >= 0.6 is 0 Å². The topological polar surface area (TPSA) is 92.8 Å². The minimum absolute atomic E-state index is 0.0709. The average molecular weight is 405 g/mol. The lowest BCUT2D eigenvalue weighted by atomic mass is 9.96. The van der Waals surface area contributed by atoms with Crippen LogP contribution in [0.15, 0.2) is 66.7 Å². The lowest BCUT2D eigenvalue weighted by Crippen LogP contribution is -2.05. The molecule has 0 saturated carbocycles. The molecule has 4 N–H and O–H groups in total. The van der Waals surface area contributed by atoms with Crippen LogP contribution in [-0.2, 0) is 17.8 Å². The predicted octanol–water partition coefficient (Wildman–Crippen LogP) is 4.63. The smallest absolute Gasteiger partial charge is 0.307 e. The summed E-state index contributed by atoms with van der Waals surface area (Å²) in [4.78, 5) is 11.1. The first-order valence-electron chi connectivity index (χ1n) is 9.94. The molecule has 0 saturated heterocycles. The standard InChI is InChI=1S/C25H27NO4/c1-16(26)19-7-5-8-20(12-19)23-11-18(10-22(13-23)17(2)27)15-30-24-9-4-3-6-21(24)14-25(28)29/h3-13,16-17,27H,14-15,26H2,1-2H3,(H,28,29)/t16-,17?/m1/s1. The van der Waals surface area contributed by atoms with Crippen LogP contribution in [0, 0.1) is 0 Å². The highest BCUT2D eigenvalue weighted by atomic mass is 16.5. The Balaban J connectivity index is 1.91. The minimum atomic E-state index is -0.904. The van der Waals surface area contributed by atoms with E-state index in [1.165, 1.54) is 0 Å². The van der Waals surface area contributed by atoms with Gasteiger partial charge in [-0.05, 0) is 72.0 Å². The van der Waals surface area contributed by atoms with E-state index < -0.39 is 12.1 Å². The van der Waals surface area contributed by atoms with Crippen molar-refractivity contribution in [3.05, 3.63) is 89.0 Å². The minimum Gasteiger partial charge on any atom is -0.489 e. The highest BCUT2D eigenvalue weighted by molar-refractivity contribution is 5.71. The fourth-order valence-corrected chi connectivity index (χ4v) is 3.33. The molecule has 3 aromatic carbocycles. The number of ether oxygens (including phenoxy) is 1. The SMILES string of the molecule is CC(O)c1cc(COc2ccccc2CC(=O)O)cc(-c2cccc([C@@H](C)N)c2)c1. The maximum atomic E-state index is 11.1. The summed E-state index contributed by atoms with van der Waals surface area (Å²) >= 11 is 0. The van der Waals surface area contributed by atoms with Gasteiger partial charge in [-0.3, -0.25) is 4.79 Å². The van der Waals surface area contributed by atoms with Crippen molar-refractivity contribution in [3.8, 4) is 16.9 Å². The number of hydrogen-bond donors (Lipinski definition) is 3. The van der Waals surface area contributed by atoms with Crippen LogP contribution in [0.5, 0.6) is 5.75 Å². The third kappa shape index (κ3) is 5.47. The van der Waals surface area contributed by atoms with E-state index in [0.717, 1.165) is 27.8 Å². The van der Waals surface area contributed by atoms with E-state index in [4.69, 9.17) is 15.6 Å². The summed E-state index contributed by atoms with van der Waals surface area (Å²) in [5, 5.41) is 19.3. The number of nitrogens with two attached hydrogens (primary N) is 1. The summed E-state index contributed by atoms with van der Waals surface area (Å²) in [5.74, 6) is -0.360. The molecule has 5 heteroatoms. The Bertz CT molecular complexity index is 1030. The summed E-state index contributed by atoms with van der Waals surface area (Å²) in [6.45, 7) is 3.93. The molecule has 0 fully saturated rings. The molecule has 156 valence electrons. The monoisotopic (exact) mass is 405 g/mol. The van der Waals surface area contributed by atoms with Gasteiger partial charge < -0.3 is 20.7 Å². The van der Waals surface area contributed by atoms with E-state index >= 15 is 0 Å². The molecular weight excluding hydrogens is 378 g/mol. The molecule has 0 heterocycles.